The molecular formula is C22H29N3O6S. The van der Waals surface area contributed by atoms with Crippen LogP contribution in [0.25, 0.3) is 0 Å². The molecule has 1 aromatic carbocycles. The Morgan fingerprint density at radius 2 is 2.00 bits per heavy atom. The topological polar surface area (TPSA) is 109 Å². The number of carbonyl (C=O) groups excluding carboxylic acids is 1. The minimum absolute atomic E-state index is 0.0566. The standard InChI is InChI=1S/C22H29N3O6S/c1-15-12-25(16(2)14-26)22(27)19-6-5-11-23-21(19)31-20(15)13-24(3)32(28,29)18-9-7-17(30-4)8-10-18/h5-11,15-16,20,26H,12-14H2,1-4H3/t15-,16+,20-/m0/s1. The van der Waals surface area contributed by atoms with Gasteiger partial charge in [-0.2, -0.15) is 4.31 Å². The summed E-state index contributed by atoms with van der Waals surface area (Å²) in [7, 11) is -0.766. The highest BCUT2D eigenvalue weighted by Gasteiger charge is 2.35. The number of likely N-dealkylation sites (N-methyl/N-ethyl adjacent to an activating group) is 1. The SMILES string of the molecule is COc1ccc(S(=O)(=O)N(C)C[C@@H]2Oc3ncccc3C(=O)N([C@H](C)CO)C[C@@H]2C)cc1. The Morgan fingerprint density at radius 1 is 1.31 bits per heavy atom. The first-order valence-corrected chi connectivity index (χ1v) is 11.8. The van der Waals surface area contributed by atoms with Gasteiger partial charge in [0.15, 0.2) is 0 Å². The number of benzene rings is 1. The fraction of sp³-hybridized carbons (Fsp3) is 0.455. The van der Waals surface area contributed by atoms with Crippen LogP contribution in [0.5, 0.6) is 11.6 Å². The minimum atomic E-state index is -3.77. The van der Waals surface area contributed by atoms with Gasteiger partial charge in [0.1, 0.15) is 17.4 Å². The molecule has 0 saturated carbocycles. The van der Waals surface area contributed by atoms with Gasteiger partial charge >= 0.3 is 0 Å². The van der Waals surface area contributed by atoms with Gasteiger partial charge in [-0.3, -0.25) is 4.79 Å². The van der Waals surface area contributed by atoms with Gasteiger partial charge in [0.2, 0.25) is 15.9 Å². The number of fused-ring (bicyclic) bond motifs is 1. The van der Waals surface area contributed by atoms with Crippen molar-refractivity contribution in [3.63, 3.8) is 0 Å². The van der Waals surface area contributed by atoms with Crippen molar-refractivity contribution in [1.29, 1.82) is 0 Å². The molecule has 32 heavy (non-hydrogen) atoms. The lowest BCUT2D eigenvalue weighted by atomic mass is 10.0. The Bertz CT molecular complexity index is 1040. The maximum Gasteiger partial charge on any atom is 0.259 e. The molecule has 2 heterocycles. The highest BCUT2D eigenvalue weighted by Crippen LogP contribution is 2.27. The van der Waals surface area contributed by atoms with Crippen LogP contribution in [-0.2, 0) is 10.0 Å². The fourth-order valence-corrected chi connectivity index (χ4v) is 4.73. The molecule has 3 atom stereocenters. The van der Waals surface area contributed by atoms with E-state index >= 15 is 0 Å². The number of pyridine rings is 1. The average Bonchev–Trinajstić information content (AvgIpc) is 2.80. The Balaban J connectivity index is 1.89. The van der Waals surface area contributed by atoms with E-state index in [0.717, 1.165) is 0 Å². The third-order valence-corrected chi connectivity index (χ3v) is 7.48. The molecule has 0 unspecified atom stereocenters. The molecular weight excluding hydrogens is 434 g/mol. The molecule has 0 fully saturated rings. The Hall–Kier alpha value is -2.69. The molecule has 0 aliphatic carbocycles. The number of methoxy groups -OCH3 is 1. The first kappa shape index (κ1) is 24.0. The van der Waals surface area contributed by atoms with Gasteiger partial charge in [-0.15, -0.1) is 0 Å². The van der Waals surface area contributed by atoms with Crippen LogP contribution < -0.4 is 9.47 Å². The van der Waals surface area contributed by atoms with Crippen LogP contribution in [-0.4, -0.2) is 79.6 Å². The Kier molecular flexibility index (Phi) is 7.37. The van der Waals surface area contributed by atoms with Crippen LogP contribution in [0, 0.1) is 5.92 Å². The van der Waals surface area contributed by atoms with Crippen molar-refractivity contribution in [2.45, 2.75) is 30.9 Å². The summed E-state index contributed by atoms with van der Waals surface area (Å²) in [6.07, 6.45) is 0.954. The smallest absolute Gasteiger partial charge is 0.259 e. The van der Waals surface area contributed by atoms with Crippen LogP contribution in [0.1, 0.15) is 24.2 Å². The zero-order chi connectivity index (χ0) is 23.5. The molecule has 1 aromatic heterocycles. The molecule has 1 amide bonds. The largest absolute Gasteiger partial charge is 0.497 e. The molecule has 0 radical (unpaired) electrons. The summed E-state index contributed by atoms with van der Waals surface area (Å²) in [5.41, 5.74) is 0.283. The number of rotatable bonds is 7. The summed E-state index contributed by atoms with van der Waals surface area (Å²) in [5.74, 6) is 0.212. The lowest BCUT2D eigenvalue weighted by Gasteiger charge is -2.37. The van der Waals surface area contributed by atoms with E-state index < -0.39 is 22.2 Å². The monoisotopic (exact) mass is 463 g/mol. The van der Waals surface area contributed by atoms with Gasteiger partial charge in [0.05, 0.1) is 31.2 Å². The van der Waals surface area contributed by atoms with Gasteiger partial charge in [-0.1, -0.05) is 6.92 Å². The lowest BCUT2D eigenvalue weighted by Crippen LogP contribution is -2.50. The quantitative estimate of drug-likeness (QED) is 0.665. The number of ether oxygens (including phenoxy) is 2. The lowest BCUT2D eigenvalue weighted by molar-refractivity contribution is 0.0373. The molecule has 2 aromatic rings. The van der Waals surface area contributed by atoms with Crippen molar-refractivity contribution in [3.05, 3.63) is 48.2 Å². The second kappa shape index (κ2) is 9.85. The van der Waals surface area contributed by atoms with E-state index in [1.54, 1.807) is 36.1 Å². The summed E-state index contributed by atoms with van der Waals surface area (Å²) in [6, 6.07) is 9.03. The van der Waals surface area contributed by atoms with E-state index in [4.69, 9.17) is 9.47 Å². The summed E-state index contributed by atoms with van der Waals surface area (Å²) in [6.45, 7) is 3.82. The van der Waals surface area contributed by atoms with Crippen molar-refractivity contribution in [2.24, 2.45) is 5.92 Å². The molecule has 10 heteroatoms. The van der Waals surface area contributed by atoms with Crippen molar-refractivity contribution in [1.82, 2.24) is 14.2 Å². The van der Waals surface area contributed by atoms with Gasteiger partial charge in [-0.25, -0.2) is 13.4 Å². The van der Waals surface area contributed by atoms with Crippen molar-refractivity contribution in [2.75, 3.05) is 33.9 Å². The Morgan fingerprint density at radius 3 is 2.62 bits per heavy atom. The third kappa shape index (κ3) is 4.87. The van der Waals surface area contributed by atoms with Crippen LogP contribution in [0.3, 0.4) is 0 Å². The van der Waals surface area contributed by atoms with Crippen molar-refractivity contribution in [3.8, 4) is 11.6 Å². The van der Waals surface area contributed by atoms with Crippen molar-refractivity contribution >= 4 is 15.9 Å². The molecule has 1 aliphatic rings. The molecule has 1 N–H and O–H groups in total. The van der Waals surface area contributed by atoms with E-state index in [0.29, 0.717) is 12.3 Å². The van der Waals surface area contributed by atoms with E-state index in [1.165, 1.54) is 36.8 Å². The van der Waals surface area contributed by atoms with Crippen LogP contribution in [0.2, 0.25) is 0 Å². The van der Waals surface area contributed by atoms with Gasteiger partial charge < -0.3 is 19.5 Å². The summed E-state index contributed by atoms with van der Waals surface area (Å²) < 4.78 is 38.6. The summed E-state index contributed by atoms with van der Waals surface area (Å²) >= 11 is 0. The number of carbonyl (C=O) groups is 1. The molecule has 174 valence electrons. The van der Waals surface area contributed by atoms with Gasteiger partial charge in [0.25, 0.3) is 5.91 Å². The third-order valence-electron chi connectivity index (χ3n) is 5.65. The van der Waals surface area contributed by atoms with Crippen LogP contribution >= 0.6 is 0 Å². The second-order valence-electron chi connectivity index (χ2n) is 7.94. The Labute approximate surface area is 188 Å². The molecule has 1 aliphatic heterocycles. The number of hydrogen-bond donors (Lipinski definition) is 1. The maximum absolute atomic E-state index is 13.1. The highest BCUT2D eigenvalue weighted by molar-refractivity contribution is 7.89. The summed E-state index contributed by atoms with van der Waals surface area (Å²) in [5, 5.41) is 9.65. The number of aromatic nitrogens is 1. The number of aliphatic hydroxyl groups is 1. The minimum Gasteiger partial charge on any atom is -0.497 e. The molecule has 9 nitrogen and oxygen atoms in total. The predicted molar refractivity (Wildman–Crippen MR) is 118 cm³/mol. The van der Waals surface area contributed by atoms with Crippen LogP contribution in [0.15, 0.2) is 47.5 Å². The molecule has 0 spiro atoms. The number of aliphatic hydroxyl groups excluding tert-OH is 1. The van der Waals surface area contributed by atoms with Gasteiger partial charge in [0, 0.05) is 25.7 Å². The number of hydrogen-bond acceptors (Lipinski definition) is 7. The average molecular weight is 464 g/mol. The van der Waals surface area contributed by atoms with Crippen LogP contribution in [0.4, 0.5) is 0 Å². The normalized spacial score (nSPS) is 20.2. The maximum atomic E-state index is 13.1. The predicted octanol–water partition coefficient (Wildman–Crippen LogP) is 1.63. The summed E-state index contributed by atoms with van der Waals surface area (Å²) in [4.78, 5) is 19.0. The second-order valence-corrected chi connectivity index (χ2v) is 9.98. The number of amides is 1. The number of nitrogens with zero attached hydrogens (tertiary/aromatic N) is 3. The molecule has 0 saturated heterocycles. The first-order chi connectivity index (χ1) is 15.2. The van der Waals surface area contributed by atoms with E-state index in [9.17, 15) is 18.3 Å². The zero-order valence-electron chi connectivity index (χ0n) is 18.6. The highest BCUT2D eigenvalue weighted by atomic mass is 32.2. The molecule has 3 rings (SSSR count). The van der Waals surface area contributed by atoms with E-state index in [-0.39, 0.29) is 41.3 Å². The number of sulfonamides is 1. The van der Waals surface area contributed by atoms with E-state index in [1.807, 2.05) is 6.92 Å². The zero-order valence-corrected chi connectivity index (χ0v) is 19.4. The first-order valence-electron chi connectivity index (χ1n) is 10.3. The van der Waals surface area contributed by atoms with Crippen molar-refractivity contribution < 1.29 is 27.8 Å². The van der Waals surface area contributed by atoms with E-state index in [2.05, 4.69) is 4.98 Å². The van der Waals surface area contributed by atoms with Gasteiger partial charge in [-0.05, 0) is 43.3 Å². The fourth-order valence-electron chi connectivity index (χ4n) is 3.55. The molecule has 0 bridgehead atoms.